The van der Waals surface area contributed by atoms with E-state index in [-0.39, 0.29) is 18.0 Å². The first-order valence-corrected chi connectivity index (χ1v) is 10.9. The van der Waals surface area contributed by atoms with Crippen LogP contribution in [0.5, 0.6) is 0 Å². The van der Waals surface area contributed by atoms with Crippen molar-refractivity contribution >= 4 is 15.7 Å². The molecule has 2 aromatic rings. The van der Waals surface area contributed by atoms with Gasteiger partial charge in [0.15, 0.2) is 0 Å². The van der Waals surface area contributed by atoms with Crippen molar-refractivity contribution < 1.29 is 21.6 Å². The van der Waals surface area contributed by atoms with Crippen LogP contribution in [0.4, 0.5) is 18.9 Å². The van der Waals surface area contributed by atoms with Crippen molar-refractivity contribution in [1.82, 2.24) is 9.62 Å². The van der Waals surface area contributed by atoms with Gasteiger partial charge in [0.2, 0.25) is 10.0 Å². The number of nitrogens with zero attached hydrogens (tertiary/aromatic N) is 2. The molecular formula is C20H24F3N3O2S. The second-order valence-corrected chi connectivity index (χ2v) is 8.80. The van der Waals surface area contributed by atoms with E-state index in [1.165, 1.54) is 10.4 Å². The number of rotatable bonds is 6. The van der Waals surface area contributed by atoms with E-state index in [0.29, 0.717) is 25.3 Å². The summed E-state index contributed by atoms with van der Waals surface area (Å²) in [6, 6.07) is 11.9. The molecule has 1 aliphatic heterocycles. The predicted molar refractivity (Wildman–Crippen MR) is 106 cm³/mol. The van der Waals surface area contributed by atoms with Gasteiger partial charge in [-0.2, -0.15) is 17.5 Å². The molecule has 2 aromatic carbocycles. The van der Waals surface area contributed by atoms with Gasteiger partial charge in [0.1, 0.15) is 0 Å². The van der Waals surface area contributed by atoms with E-state index in [0.717, 1.165) is 24.2 Å². The van der Waals surface area contributed by atoms with Crippen LogP contribution in [0.15, 0.2) is 53.4 Å². The quantitative estimate of drug-likeness (QED) is 0.769. The van der Waals surface area contributed by atoms with Crippen LogP contribution in [0.2, 0.25) is 0 Å². The maximum Gasteiger partial charge on any atom is 0.416 e. The molecule has 0 atom stereocenters. The number of piperazine rings is 1. The molecule has 0 aromatic heterocycles. The van der Waals surface area contributed by atoms with E-state index in [9.17, 15) is 21.6 Å². The standard InChI is InChI=1S/C20H24F3N3O2S/c1-2-24-15-16-6-8-19(9-7-16)29(27,28)26-12-10-25(11-13-26)18-5-3-4-17(14-18)20(21,22)23/h3-9,14,24H,2,10-13,15H2,1H3. The highest BCUT2D eigenvalue weighted by molar-refractivity contribution is 7.89. The van der Waals surface area contributed by atoms with Gasteiger partial charge in [0, 0.05) is 38.4 Å². The zero-order chi connectivity index (χ0) is 21.1. The number of benzene rings is 2. The lowest BCUT2D eigenvalue weighted by molar-refractivity contribution is -0.137. The Balaban J connectivity index is 1.67. The van der Waals surface area contributed by atoms with Crippen LogP contribution >= 0.6 is 0 Å². The average molecular weight is 427 g/mol. The Hall–Kier alpha value is -2.10. The van der Waals surface area contributed by atoms with E-state index < -0.39 is 21.8 Å². The zero-order valence-electron chi connectivity index (χ0n) is 16.1. The van der Waals surface area contributed by atoms with Crippen molar-refractivity contribution in [2.24, 2.45) is 0 Å². The van der Waals surface area contributed by atoms with Gasteiger partial charge in [-0.15, -0.1) is 0 Å². The minimum atomic E-state index is -4.40. The Labute approximate surface area is 169 Å². The molecule has 9 heteroatoms. The summed E-state index contributed by atoms with van der Waals surface area (Å²) in [5.41, 5.74) is 0.743. The molecule has 1 heterocycles. The fourth-order valence-corrected chi connectivity index (χ4v) is 4.69. The van der Waals surface area contributed by atoms with Crippen molar-refractivity contribution in [1.29, 1.82) is 0 Å². The van der Waals surface area contributed by atoms with Gasteiger partial charge in [-0.1, -0.05) is 25.1 Å². The Morgan fingerprint density at radius 2 is 1.66 bits per heavy atom. The number of halogens is 3. The molecule has 0 unspecified atom stereocenters. The van der Waals surface area contributed by atoms with Crippen LogP contribution in [0.1, 0.15) is 18.1 Å². The highest BCUT2D eigenvalue weighted by Gasteiger charge is 2.32. The molecule has 0 spiro atoms. The molecule has 0 aliphatic carbocycles. The minimum Gasteiger partial charge on any atom is -0.369 e. The fourth-order valence-electron chi connectivity index (χ4n) is 3.26. The van der Waals surface area contributed by atoms with Crippen LogP contribution in [0, 0.1) is 0 Å². The van der Waals surface area contributed by atoms with Gasteiger partial charge in [-0.25, -0.2) is 8.42 Å². The molecule has 1 N–H and O–H groups in total. The van der Waals surface area contributed by atoms with Gasteiger partial charge in [-0.05, 0) is 42.4 Å². The Morgan fingerprint density at radius 1 is 1.00 bits per heavy atom. The van der Waals surface area contributed by atoms with Gasteiger partial charge < -0.3 is 10.2 Å². The van der Waals surface area contributed by atoms with Crippen LogP contribution in [-0.2, 0) is 22.7 Å². The van der Waals surface area contributed by atoms with Gasteiger partial charge in [-0.3, -0.25) is 0 Å². The summed E-state index contributed by atoms with van der Waals surface area (Å²) in [4.78, 5) is 2.01. The SMILES string of the molecule is CCNCc1ccc(S(=O)(=O)N2CCN(c3cccc(C(F)(F)F)c3)CC2)cc1. The molecule has 5 nitrogen and oxygen atoms in total. The molecule has 0 radical (unpaired) electrons. The van der Waals surface area contributed by atoms with Gasteiger partial charge in [0.25, 0.3) is 0 Å². The van der Waals surface area contributed by atoms with Crippen LogP contribution in [0.3, 0.4) is 0 Å². The molecule has 1 fully saturated rings. The lowest BCUT2D eigenvalue weighted by atomic mass is 10.1. The highest BCUT2D eigenvalue weighted by Crippen LogP contribution is 2.32. The first-order chi connectivity index (χ1) is 13.7. The molecule has 158 valence electrons. The monoisotopic (exact) mass is 427 g/mol. The molecular weight excluding hydrogens is 403 g/mol. The lowest BCUT2D eigenvalue weighted by Gasteiger charge is -2.35. The van der Waals surface area contributed by atoms with Crippen molar-refractivity contribution in [3.8, 4) is 0 Å². The van der Waals surface area contributed by atoms with Crippen LogP contribution < -0.4 is 10.2 Å². The van der Waals surface area contributed by atoms with Crippen LogP contribution in [-0.4, -0.2) is 45.4 Å². The van der Waals surface area contributed by atoms with E-state index in [1.54, 1.807) is 35.2 Å². The average Bonchev–Trinajstić information content (AvgIpc) is 2.72. The van der Waals surface area contributed by atoms with Crippen molar-refractivity contribution in [3.63, 3.8) is 0 Å². The normalized spacial score (nSPS) is 16.2. The van der Waals surface area contributed by atoms with Crippen molar-refractivity contribution in [2.75, 3.05) is 37.6 Å². The molecule has 0 bridgehead atoms. The largest absolute Gasteiger partial charge is 0.416 e. The maximum absolute atomic E-state index is 12.9. The number of nitrogens with one attached hydrogen (secondary N) is 1. The molecule has 29 heavy (non-hydrogen) atoms. The Morgan fingerprint density at radius 3 is 2.24 bits per heavy atom. The smallest absolute Gasteiger partial charge is 0.369 e. The first-order valence-electron chi connectivity index (χ1n) is 9.44. The van der Waals surface area contributed by atoms with Crippen LogP contribution in [0.25, 0.3) is 0 Å². The summed E-state index contributed by atoms with van der Waals surface area (Å²) >= 11 is 0. The lowest BCUT2D eigenvalue weighted by Crippen LogP contribution is -2.48. The Kier molecular flexibility index (Phi) is 6.50. The van der Waals surface area contributed by atoms with E-state index in [2.05, 4.69) is 5.32 Å². The molecule has 1 aliphatic rings. The number of hydrogen-bond donors (Lipinski definition) is 1. The second kappa shape index (κ2) is 8.73. The molecule has 0 amide bonds. The molecule has 1 saturated heterocycles. The summed E-state index contributed by atoms with van der Waals surface area (Å²) in [6.07, 6.45) is -4.40. The fraction of sp³-hybridized carbons (Fsp3) is 0.400. The maximum atomic E-state index is 12.9. The number of sulfonamides is 1. The first kappa shape index (κ1) is 21.6. The number of anilines is 1. The summed E-state index contributed by atoms with van der Waals surface area (Å²) < 4.78 is 65.9. The summed E-state index contributed by atoms with van der Waals surface area (Å²) in [5, 5.41) is 3.18. The number of alkyl halides is 3. The van der Waals surface area contributed by atoms with Gasteiger partial charge in [0.05, 0.1) is 10.5 Å². The Bertz CT molecular complexity index is 923. The van der Waals surface area contributed by atoms with Crippen molar-refractivity contribution in [2.45, 2.75) is 24.5 Å². The summed E-state index contributed by atoms with van der Waals surface area (Å²) in [7, 11) is -3.63. The molecule has 3 rings (SSSR count). The third-order valence-electron chi connectivity index (χ3n) is 4.92. The van der Waals surface area contributed by atoms with E-state index in [1.807, 2.05) is 6.92 Å². The summed E-state index contributed by atoms with van der Waals surface area (Å²) in [5.74, 6) is 0. The van der Waals surface area contributed by atoms with E-state index >= 15 is 0 Å². The molecule has 0 saturated carbocycles. The number of hydrogen-bond acceptors (Lipinski definition) is 4. The highest BCUT2D eigenvalue weighted by atomic mass is 32.2. The summed E-state index contributed by atoms with van der Waals surface area (Å²) in [6.45, 7) is 4.61. The zero-order valence-corrected chi connectivity index (χ0v) is 16.9. The second-order valence-electron chi connectivity index (χ2n) is 6.86. The third-order valence-corrected chi connectivity index (χ3v) is 6.83. The predicted octanol–water partition coefficient (Wildman–Crippen LogP) is 3.33. The third kappa shape index (κ3) is 5.09. The van der Waals surface area contributed by atoms with Gasteiger partial charge >= 0.3 is 6.18 Å². The van der Waals surface area contributed by atoms with Crippen molar-refractivity contribution in [3.05, 3.63) is 59.7 Å². The van der Waals surface area contributed by atoms with E-state index in [4.69, 9.17) is 0 Å². The minimum absolute atomic E-state index is 0.220. The topological polar surface area (TPSA) is 52.7 Å².